The van der Waals surface area contributed by atoms with Crippen LogP contribution in [0.5, 0.6) is 11.5 Å². The fourth-order valence-electron chi connectivity index (χ4n) is 2.27. The summed E-state index contributed by atoms with van der Waals surface area (Å²) in [6, 6.07) is 16.8. The number of rotatable bonds is 7. The lowest BCUT2D eigenvalue weighted by atomic mass is 10.1. The van der Waals surface area contributed by atoms with Crippen LogP contribution in [0.25, 0.3) is 0 Å². The molecule has 0 heterocycles. The zero-order valence-electron chi connectivity index (χ0n) is 14.7. The van der Waals surface area contributed by atoms with Crippen molar-refractivity contribution in [3.05, 3.63) is 60.2 Å². The number of nitrogens with one attached hydrogen (secondary N) is 1. The third-order valence-electron chi connectivity index (χ3n) is 3.50. The van der Waals surface area contributed by atoms with Crippen molar-refractivity contribution in [2.75, 3.05) is 13.1 Å². The van der Waals surface area contributed by atoms with Gasteiger partial charge in [-0.05, 0) is 51.1 Å². The highest BCUT2D eigenvalue weighted by atomic mass is 16.5. The highest BCUT2D eigenvalue weighted by Gasteiger charge is 2.12. The van der Waals surface area contributed by atoms with E-state index in [1.165, 1.54) is 0 Å². The summed E-state index contributed by atoms with van der Waals surface area (Å²) < 4.78 is 5.76. The van der Waals surface area contributed by atoms with Crippen LogP contribution in [0.2, 0.25) is 0 Å². The first-order valence-electron chi connectivity index (χ1n) is 8.39. The molecule has 0 atom stereocenters. The molecule has 4 nitrogen and oxygen atoms in total. The van der Waals surface area contributed by atoms with E-state index in [1.54, 1.807) is 12.1 Å². The normalized spacial score (nSPS) is 11.1. The Morgan fingerprint density at radius 1 is 1.04 bits per heavy atom. The van der Waals surface area contributed by atoms with Crippen LogP contribution in [-0.4, -0.2) is 24.5 Å². The van der Waals surface area contributed by atoms with Gasteiger partial charge in [0, 0.05) is 18.5 Å². The minimum atomic E-state index is -0.0655. The number of benzene rings is 2. The van der Waals surface area contributed by atoms with Gasteiger partial charge < -0.3 is 15.4 Å². The highest BCUT2D eigenvalue weighted by molar-refractivity contribution is 5.94. The van der Waals surface area contributed by atoms with Gasteiger partial charge in [0.25, 0.3) is 5.91 Å². The van der Waals surface area contributed by atoms with Crippen molar-refractivity contribution >= 4 is 5.91 Å². The number of ether oxygens (including phenoxy) is 1. The standard InChI is InChI=1S/C20H26N2O2/c1-20(2,3)22-14-8-13-21-19(23)16-9-7-12-18(15-16)24-17-10-5-4-6-11-17/h4-7,9-12,15,22H,8,13-14H2,1-3H3,(H,21,23)/p+1. The zero-order valence-corrected chi connectivity index (χ0v) is 14.7. The molecular weight excluding hydrogens is 300 g/mol. The fourth-order valence-corrected chi connectivity index (χ4v) is 2.27. The van der Waals surface area contributed by atoms with Crippen LogP contribution in [0.3, 0.4) is 0 Å². The van der Waals surface area contributed by atoms with Crippen LogP contribution in [0, 0.1) is 0 Å². The maximum absolute atomic E-state index is 12.2. The Labute approximate surface area is 144 Å². The summed E-state index contributed by atoms with van der Waals surface area (Å²) in [4.78, 5) is 12.2. The van der Waals surface area contributed by atoms with Crippen molar-refractivity contribution in [1.82, 2.24) is 5.32 Å². The largest absolute Gasteiger partial charge is 0.457 e. The molecule has 128 valence electrons. The summed E-state index contributed by atoms with van der Waals surface area (Å²) in [5, 5.41) is 5.25. The van der Waals surface area contributed by atoms with E-state index in [4.69, 9.17) is 4.74 Å². The first-order valence-corrected chi connectivity index (χ1v) is 8.39. The Bertz CT molecular complexity index is 648. The van der Waals surface area contributed by atoms with Gasteiger partial charge in [-0.3, -0.25) is 4.79 Å². The number of hydrogen-bond acceptors (Lipinski definition) is 2. The minimum Gasteiger partial charge on any atom is -0.457 e. The lowest BCUT2D eigenvalue weighted by molar-refractivity contribution is -0.717. The predicted octanol–water partition coefficient (Wildman–Crippen LogP) is 2.96. The van der Waals surface area contributed by atoms with Gasteiger partial charge in [0.05, 0.1) is 12.1 Å². The number of amides is 1. The minimum absolute atomic E-state index is 0.0655. The van der Waals surface area contributed by atoms with Crippen molar-refractivity contribution < 1.29 is 14.8 Å². The van der Waals surface area contributed by atoms with Gasteiger partial charge in [-0.25, -0.2) is 0 Å². The molecule has 0 saturated carbocycles. The molecule has 2 rings (SSSR count). The van der Waals surface area contributed by atoms with E-state index in [-0.39, 0.29) is 11.4 Å². The number of nitrogens with two attached hydrogens (primary N) is 1. The van der Waals surface area contributed by atoms with E-state index in [9.17, 15) is 4.79 Å². The first-order chi connectivity index (χ1) is 11.4. The van der Waals surface area contributed by atoms with Crippen molar-refractivity contribution in [2.24, 2.45) is 0 Å². The van der Waals surface area contributed by atoms with Crippen molar-refractivity contribution in [3.63, 3.8) is 0 Å². The number of hydrogen-bond donors (Lipinski definition) is 2. The molecule has 24 heavy (non-hydrogen) atoms. The van der Waals surface area contributed by atoms with E-state index in [2.05, 4.69) is 31.4 Å². The fraction of sp³-hybridized carbons (Fsp3) is 0.350. The third-order valence-corrected chi connectivity index (χ3v) is 3.50. The van der Waals surface area contributed by atoms with Gasteiger partial charge >= 0.3 is 0 Å². The van der Waals surface area contributed by atoms with Crippen LogP contribution in [-0.2, 0) is 0 Å². The van der Waals surface area contributed by atoms with Crippen LogP contribution in [0.1, 0.15) is 37.6 Å². The molecule has 0 aromatic heterocycles. The van der Waals surface area contributed by atoms with E-state index in [0.29, 0.717) is 17.9 Å². The van der Waals surface area contributed by atoms with Crippen molar-refractivity contribution in [1.29, 1.82) is 0 Å². The Kier molecular flexibility index (Phi) is 6.38. The smallest absolute Gasteiger partial charge is 0.251 e. The van der Waals surface area contributed by atoms with E-state index in [1.807, 2.05) is 42.5 Å². The van der Waals surface area contributed by atoms with Crippen LogP contribution in [0.4, 0.5) is 0 Å². The lowest BCUT2D eigenvalue weighted by Gasteiger charge is -2.16. The average molecular weight is 327 g/mol. The van der Waals surface area contributed by atoms with Crippen LogP contribution >= 0.6 is 0 Å². The van der Waals surface area contributed by atoms with Gasteiger partial charge in [-0.2, -0.15) is 0 Å². The molecular formula is C20H27N2O2+. The lowest BCUT2D eigenvalue weighted by Crippen LogP contribution is -2.94. The Morgan fingerprint density at radius 3 is 2.46 bits per heavy atom. The summed E-state index contributed by atoms with van der Waals surface area (Å²) in [7, 11) is 0. The summed E-state index contributed by atoms with van der Waals surface area (Å²) in [6.07, 6.45) is 0.948. The number of quaternary nitrogens is 1. The summed E-state index contributed by atoms with van der Waals surface area (Å²) in [5.74, 6) is 1.35. The topological polar surface area (TPSA) is 54.9 Å². The quantitative estimate of drug-likeness (QED) is 0.768. The van der Waals surface area contributed by atoms with E-state index >= 15 is 0 Å². The summed E-state index contributed by atoms with van der Waals surface area (Å²) in [5.41, 5.74) is 0.843. The molecule has 0 fully saturated rings. The summed E-state index contributed by atoms with van der Waals surface area (Å²) in [6.45, 7) is 8.23. The maximum Gasteiger partial charge on any atom is 0.251 e. The van der Waals surface area contributed by atoms with Crippen LogP contribution in [0.15, 0.2) is 54.6 Å². The molecule has 3 N–H and O–H groups in total. The van der Waals surface area contributed by atoms with Crippen molar-refractivity contribution in [2.45, 2.75) is 32.7 Å². The van der Waals surface area contributed by atoms with Crippen LogP contribution < -0.4 is 15.4 Å². The Morgan fingerprint density at radius 2 is 1.75 bits per heavy atom. The van der Waals surface area contributed by atoms with Gasteiger partial charge in [0.1, 0.15) is 11.5 Å². The molecule has 0 radical (unpaired) electrons. The molecule has 0 aliphatic heterocycles. The van der Waals surface area contributed by atoms with Gasteiger partial charge in [0.15, 0.2) is 0 Å². The summed E-state index contributed by atoms with van der Waals surface area (Å²) >= 11 is 0. The molecule has 0 unspecified atom stereocenters. The van der Waals surface area contributed by atoms with Gasteiger partial charge in [-0.1, -0.05) is 24.3 Å². The molecule has 4 heteroatoms. The molecule has 0 aliphatic carbocycles. The highest BCUT2D eigenvalue weighted by Crippen LogP contribution is 2.21. The molecule has 0 bridgehead atoms. The Hall–Kier alpha value is -2.33. The second-order valence-electron chi connectivity index (χ2n) is 6.91. The van der Waals surface area contributed by atoms with E-state index < -0.39 is 0 Å². The second-order valence-corrected chi connectivity index (χ2v) is 6.91. The number of carbonyl (C=O) groups is 1. The monoisotopic (exact) mass is 327 g/mol. The Balaban J connectivity index is 1.83. The zero-order chi connectivity index (χ0) is 17.4. The van der Waals surface area contributed by atoms with E-state index in [0.717, 1.165) is 18.7 Å². The SMILES string of the molecule is CC(C)(C)[NH2+]CCCNC(=O)c1cccc(Oc2ccccc2)c1. The number of para-hydroxylation sites is 1. The molecule has 2 aromatic rings. The van der Waals surface area contributed by atoms with Gasteiger partial charge in [0.2, 0.25) is 0 Å². The van der Waals surface area contributed by atoms with Crippen molar-refractivity contribution in [3.8, 4) is 11.5 Å². The molecule has 0 saturated heterocycles. The molecule has 0 aliphatic rings. The second kappa shape index (κ2) is 8.50. The third kappa shape index (κ3) is 6.42. The maximum atomic E-state index is 12.2. The number of carbonyl (C=O) groups excluding carboxylic acids is 1. The van der Waals surface area contributed by atoms with Gasteiger partial charge in [-0.15, -0.1) is 0 Å². The predicted molar refractivity (Wildman–Crippen MR) is 96.5 cm³/mol. The molecule has 1 amide bonds. The molecule has 2 aromatic carbocycles. The molecule has 0 spiro atoms. The average Bonchev–Trinajstić information content (AvgIpc) is 2.54. The first kappa shape index (κ1) is 18.0.